The quantitative estimate of drug-likeness (QED) is 0.751. The molecule has 0 unspecified atom stereocenters. The number of amides is 1. The molecule has 0 spiro atoms. The summed E-state index contributed by atoms with van der Waals surface area (Å²) in [6, 6.07) is 13.3. The van der Waals surface area contributed by atoms with Crippen LogP contribution in [0, 0.1) is 10.5 Å². The van der Waals surface area contributed by atoms with Crippen LogP contribution in [0.5, 0.6) is 0 Å². The van der Waals surface area contributed by atoms with E-state index in [1.54, 1.807) is 6.07 Å². The monoisotopic (exact) mass is 400 g/mol. The maximum atomic E-state index is 11.9. The molecule has 0 aliphatic heterocycles. The number of benzene rings is 2. The summed E-state index contributed by atoms with van der Waals surface area (Å²) in [6.07, 6.45) is 0. The van der Waals surface area contributed by atoms with Crippen LogP contribution in [0.15, 0.2) is 42.5 Å². The van der Waals surface area contributed by atoms with Crippen LogP contribution in [0.25, 0.3) is 0 Å². The van der Waals surface area contributed by atoms with Crippen molar-refractivity contribution in [1.29, 1.82) is 0 Å². The van der Waals surface area contributed by atoms with E-state index in [9.17, 15) is 4.79 Å². The molecule has 5 heteroatoms. The van der Waals surface area contributed by atoms with Gasteiger partial charge in [-0.1, -0.05) is 29.8 Å². The Morgan fingerprint density at radius 1 is 1.15 bits per heavy atom. The number of para-hydroxylation sites is 1. The van der Waals surface area contributed by atoms with Crippen LogP contribution in [0.2, 0.25) is 5.02 Å². The summed E-state index contributed by atoms with van der Waals surface area (Å²) in [5.74, 6) is -0.102. The largest absolute Gasteiger partial charge is 0.375 e. The molecule has 0 saturated carbocycles. The lowest BCUT2D eigenvalue weighted by Gasteiger charge is -2.11. The van der Waals surface area contributed by atoms with Crippen molar-refractivity contribution < 1.29 is 4.79 Å². The van der Waals surface area contributed by atoms with Crippen molar-refractivity contribution >= 4 is 51.5 Å². The van der Waals surface area contributed by atoms with Gasteiger partial charge in [0.25, 0.3) is 0 Å². The third-order valence-electron chi connectivity index (χ3n) is 2.86. The Kier molecular flexibility index (Phi) is 5.25. The van der Waals surface area contributed by atoms with Crippen LogP contribution < -0.4 is 10.6 Å². The first-order valence-electron chi connectivity index (χ1n) is 6.11. The summed E-state index contributed by atoms with van der Waals surface area (Å²) in [5.41, 5.74) is 2.56. The SMILES string of the molecule is Cc1c(Cl)cccc1NC(=O)CNc1ccccc1I. The van der Waals surface area contributed by atoms with Gasteiger partial charge in [-0.15, -0.1) is 0 Å². The minimum absolute atomic E-state index is 0.102. The highest BCUT2D eigenvalue weighted by molar-refractivity contribution is 14.1. The molecule has 104 valence electrons. The predicted octanol–water partition coefficient (Wildman–Crippen LogP) is 4.30. The molecule has 0 bridgehead atoms. The zero-order valence-corrected chi connectivity index (χ0v) is 13.8. The van der Waals surface area contributed by atoms with Gasteiger partial charge < -0.3 is 10.6 Å². The Labute approximate surface area is 136 Å². The maximum absolute atomic E-state index is 11.9. The third-order valence-corrected chi connectivity index (χ3v) is 4.21. The van der Waals surface area contributed by atoms with Crippen molar-refractivity contribution in [3.8, 4) is 0 Å². The third kappa shape index (κ3) is 3.86. The summed E-state index contributed by atoms with van der Waals surface area (Å²) in [7, 11) is 0. The first kappa shape index (κ1) is 15.1. The molecule has 1 amide bonds. The zero-order chi connectivity index (χ0) is 14.5. The molecule has 2 aromatic carbocycles. The molecule has 2 rings (SSSR count). The van der Waals surface area contributed by atoms with E-state index in [1.165, 1.54) is 0 Å². The van der Waals surface area contributed by atoms with Gasteiger partial charge in [0, 0.05) is 20.0 Å². The number of hydrogen-bond acceptors (Lipinski definition) is 2. The Balaban J connectivity index is 1.96. The van der Waals surface area contributed by atoms with Gasteiger partial charge >= 0.3 is 0 Å². The molecule has 3 nitrogen and oxygen atoms in total. The molecule has 0 radical (unpaired) electrons. The Bertz CT molecular complexity index is 631. The van der Waals surface area contributed by atoms with Crippen molar-refractivity contribution in [3.63, 3.8) is 0 Å². The van der Waals surface area contributed by atoms with E-state index in [1.807, 2.05) is 43.3 Å². The molecule has 0 heterocycles. The first-order chi connectivity index (χ1) is 9.58. The molecule has 0 saturated heterocycles. The lowest BCUT2D eigenvalue weighted by Crippen LogP contribution is -2.22. The van der Waals surface area contributed by atoms with Crippen LogP contribution in [0.4, 0.5) is 11.4 Å². The molecule has 0 fully saturated rings. The normalized spacial score (nSPS) is 10.2. The van der Waals surface area contributed by atoms with Crippen molar-refractivity contribution in [3.05, 3.63) is 56.6 Å². The lowest BCUT2D eigenvalue weighted by atomic mass is 10.2. The second kappa shape index (κ2) is 6.95. The number of carbonyl (C=O) groups is 1. The van der Waals surface area contributed by atoms with Crippen molar-refractivity contribution in [1.82, 2.24) is 0 Å². The zero-order valence-electron chi connectivity index (χ0n) is 10.9. The summed E-state index contributed by atoms with van der Waals surface area (Å²) >= 11 is 8.25. The average Bonchev–Trinajstić information content (AvgIpc) is 2.43. The molecular formula is C15H14ClIN2O. The van der Waals surface area contributed by atoms with Gasteiger partial charge in [-0.05, 0) is 59.3 Å². The number of rotatable bonds is 4. The highest BCUT2D eigenvalue weighted by Gasteiger charge is 2.07. The Morgan fingerprint density at radius 2 is 1.85 bits per heavy atom. The van der Waals surface area contributed by atoms with Gasteiger partial charge in [-0.2, -0.15) is 0 Å². The lowest BCUT2D eigenvalue weighted by molar-refractivity contribution is -0.114. The van der Waals surface area contributed by atoms with E-state index >= 15 is 0 Å². The maximum Gasteiger partial charge on any atom is 0.243 e. The van der Waals surface area contributed by atoms with Crippen LogP contribution >= 0.6 is 34.2 Å². The van der Waals surface area contributed by atoms with E-state index in [2.05, 4.69) is 33.2 Å². The van der Waals surface area contributed by atoms with Gasteiger partial charge in [0.1, 0.15) is 0 Å². The first-order valence-corrected chi connectivity index (χ1v) is 7.57. The van der Waals surface area contributed by atoms with Gasteiger partial charge in [-0.3, -0.25) is 4.79 Å². The van der Waals surface area contributed by atoms with Crippen LogP contribution in [0.3, 0.4) is 0 Å². The predicted molar refractivity (Wildman–Crippen MR) is 92.5 cm³/mol. The Hall–Kier alpha value is -1.27. The second-order valence-corrected chi connectivity index (χ2v) is 5.86. The minimum atomic E-state index is -0.102. The highest BCUT2D eigenvalue weighted by Crippen LogP contribution is 2.23. The number of nitrogens with one attached hydrogen (secondary N) is 2. The number of halogens is 2. The topological polar surface area (TPSA) is 41.1 Å². The molecule has 0 aliphatic carbocycles. The molecule has 0 aromatic heterocycles. The summed E-state index contributed by atoms with van der Waals surface area (Å²) in [5, 5.41) is 6.61. The molecule has 0 atom stereocenters. The standard InChI is InChI=1S/C15H14ClIN2O/c1-10-11(16)5-4-8-13(10)19-15(20)9-18-14-7-3-2-6-12(14)17/h2-8,18H,9H2,1H3,(H,19,20). The minimum Gasteiger partial charge on any atom is -0.375 e. The summed E-state index contributed by atoms with van der Waals surface area (Å²) in [4.78, 5) is 11.9. The molecule has 2 aromatic rings. The van der Waals surface area contributed by atoms with E-state index < -0.39 is 0 Å². The fourth-order valence-corrected chi connectivity index (χ4v) is 2.47. The highest BCUT2D eigenvalue weighted by atomic mass is 127. The van der Waals surface area contributed by atoms with Crippen LogP contribution in [-0.2, 0) is 4.79 Å². The van der Waals surface area contributed by atoms with Crippen molar-refractivity contribution in [2.45, 2.75) is 6.92 Å². The van der Waals surface area contributed by atoms with Gasteiger partial charge in [-0.25, -0.2) is 0 Å². The van der Waals surface area contributed by atoms with Gasteiger partial charge in [0.2, 0.25) is 5.91 Å². The number of anilines is 2. The molecule has 2 N–H and O–H groups in total. The van der Waals surface area contributed by atoms with Crippen LogP contribution in [-0.4, -0.2) is 12.5 Å². The van der Waals surface area contributed by atoms with E-state index in [4.69, 9.17) is 11.6 Å². The average molecular weight is 401 g/mol. The fourth-order valence-electron chi connectivity index (χ4n) is 1.72. The molecule has 0 aliphatic rings. The van der Waals surface area contributed by atoms with Gasteiger partial charge in [0.05, 0.1) is 6.54 Å². The summed E-state index contributed by atoms with van der Waals surface area (Å²) < 4.78 is 1.08. The number of carbonyl (C=O) groups excluding carboxylic acids is 1. The number of hydrogen-bond donors (Lipinski definition) is 2. The van der Waals surface area contributed by atoms with Crippen molar-refractivity contribution in [2.24, 2.45) is 0 Å². The van der Waals surface area contributed by atoms with E-state index in [0.29, 0.717) is 5.02 Å². The van der Waals surface area contributed by atoms with Crippen molar-refractivity contribution in [2.75, 3.05) is 17.2 Å². The summed E-state index contributed by atoms with van der Waals surface area (Å²) in [6.45, 7) is 2.09. The van der Waals surface area contributed by atoms with E-state index in [-0.39, 0.29) is 12.5 Å². The smallest absolute Gasteiger partial charge is 0.243 e. The molecular weight excluding hydrogens is 387 g/mol. The molecule has 20 heavy (non-hydrogen) atoms. The Morgan fingerprint density at radius 3 is 2.60 bits per heavy atom. The second-order valence-electron chi connectivity index (χ2n) is 4.29. The fraction of sp³-hybridized carbons (Fsp3) is 0.133. The van der Waals surface area contributed by atoms with E-state index in [0.717, 1.165) is 20.5 Å². The van der Waals surface area contributed by atoms with Crippen LogP contribution in [0.1, 0.15) is 5.56 Å². The van der Waals surface area contributed by atoms with Gasteiger partial charge in [0.15, 0.2) is 0 Å².